The first-order valence-electron chi connectivity index (χ1n) is 7.25. The van der Waals surface area contributed by atoms with E-state index in [0.717, 1.165) is 13.1 Å². The van der Waals surface area contributed by atoms with Crippen molar-refractivity contribution in [1.82, 2.24) is 9.80 Å². The summed E-state index contributed by atoms with van der Waals surface area (Å²) in [6, 6.07) is 5.09. The summed E-state index contributed by atoms with van der Waals surface area (Å²) in [6.07, 6.45) is -0.625. The summed E-state index contributed by atoms with van der Waals surface area (Å²) >= 11 is 12.0. The fourth-order valence-electron chi connectivity index (χ4n) is 2.41. The molecule has 7 heteroatoms. The van der Waals surface area contributed by atoms with E-state index in [1.54, 1.807) is 30.0 Å². The number of benzene rings is 1. The van der Waals surface area contributed by atoms with Crippen LogP contribution in [0.4, 0.5) is 0 Å². The summed E-state index contributed by atoms with van der Waals surface area (Å²) in [7, 11) is 0. The summed E-state index contributed by atoms with van der Waals surface area (Å²) in [5.74, 6) is 0.341. The quantitative estimate of drug-likeness (QED) is 0.884. The Balaban J connectivity index is 1.91. The maximum atomic E-state index is 12.4. The molecule has 1 fully saturated rings. The minimum atomic E-state index is -0.625. The number of aliphatic hydroxyl groups is 1. The Morgan fingerprint density at radius 2 is 2.00 bits per heavy atom. The number of rotatable bonds is 5. The molecule has 1 saturated heterocycles. The molecule has 5 nitrogen and oxygen atoms in total. The van der Waals surface area contributed by atoms with Gasteiger partial charge in [-0.1, -0.05) is 29.3 Å². The fourth-order valence-corrected chi connectivity index (χ4v) is 2.74. The smallest absolute Gasteiger partial charge is 0.263 e. The zero-order valence-corrected chi connectivity index (χ0v) is 14.0. The number of β-amino-alcohol motifs (C(OH)–C–C–N with tert-alkyl or cyclic N) is 1. The number of hydrogen-bond acceptors (Lipinski definition) is 4. The third kappa shape index (κ3) is 4.26. The van der Waals surface area contributed by atoms with Crippen LogP contribution in [0.25, 0.3) is 0 Å². The van der Waals surface area contributed by atoms with Gasteiger partial charge in [0.1, 0.15) is 10.8 Å². The van der Waals surface area contributed by atoms with Crippen molar-refractivity contribution in [3.63, 3.8) is 0 Å². The van der Waals surface area contributed by atoms with E-state index in [2.05, 4.69) is 4.90 Å². The number of halogens is 2. The van der Waals surface area contributed by atoms with Gasteiger partial charge in [0, 0.05) is 32.7 Å². The Hall–Kier alpha value is -1.01. The molecule has 2 rings (SSSR count). The molecule has 1 aliphatic heterocycles. The first kappa shape index (κ1) is 17.3. The van der Waals surface area contributed by atoms with Crippen molar-refractivity contribution in [2.75, 3.05) is 39.3 Å². The van der Waals surface area contributed by atoms with Gasteiger partial charge in [0.2, 0.25) is 0 Å². The molecule has 1 aliphatic rings. The van der Waals surface area contributed by atoms with Gasteiger partial charge >= 0.3 is 0 Å². The van der Waals surface area contributed by atoms with Crippen LogP contribution in [-0.2, 0) is 4.79 Å². The third-order valence-corrected chi connectivity index (χ3v) is 4.47. The largest absolute Gasteiger partial charge is 0.479 e. The van der Waals surface area contributed by atoms with Crippen molar-refractivity contribution >= 4 is 29.1 Å². The Kier molecular flexibility index (Phi) is 6.32. The van der Waals surface area contributed by atoms with E-state index in [1.807, 2.05) is 0 Å². The highest BCUT2D eigenvalue weighted by atomic mass is 35.5. The van der Waals surface area contributed by atoms with E-state index < -0.39 is 6.10 Å². The molecular formula is C15H20Cl2N2O3. The Morgan fingerprint density at radius 1 is 1.32 bits per heavy atom. The Bertz CT molecular complexity index is 520. The van der Waals surface area contributed by atoms with Crippen molar-refractivity contribution in [3.05, 3.63) is 28.2 Å². The van der Waals surface area contributed by atoms with Crippen LogP contribution < -0.4 is 4.74 Å². The number of nitrogens with zero attached hydrogens (tertiary/aromatic N) is 2. The number of amides is 1. The first-order chi connectivity index (χ1) is 10.5. The van der Waals surface area contributed by atoms with Crippen LogP contribution in [0.1, 0.15) is 6.92 Å². The molecule has 1 aromatic carbocycles. The molecule has 1 unspecified atom stereocenters. The predicted molar refractivity (Wildman–Crippen MR) is 86.7 cm³/mol. The summed E-state index contributed by atoms with van der Waals surface area (Å²) in [5.41, 5.74) is 0. The molecule has 0 aliphatic carbocycles. The lowest BCUT2D eigenvalue weighted by Gasteiger charge is -2.35. The molecule has 0 bridgehead atoms. The molecule has 1 atom stereocenters. The summed E-state index contributed by atoms with van der Waals surface area (Å²) < 4.78 is 5.65. The van der Waals surface area contributed by atoms with Gasteiger partial charge in [-0.05, 0) is 19.1 Å². The van der Waals surface area contributed by atoms with Crippen molar-refractivity contribution in [2.45, 2.75) is 13.0 Å². The maximum Gasteiger partial charge on any atom is 0.263 e. The topological polar surface area (TPSA) is 53.0 Å². The van der Waals surface area contributed by atoms with Gasteiger partial charge in [-0.25, -0.2) is 0 Å². The standard InChI is InChI=1S/C15H20Cl2N2O3/c1-11(22-13-4-2-3-12(16)14(13)17)15(21)19-7-5-18(6-8-19)9-10-20/h2-4,11,20H,5-10H2,1H3. The second kappa shape index (κ2) is 8.02. The number of ether oxygens (including phenoxy) is 1. The number of hydrogen-bond donors (Lipinski definition) is 1. The van der Waals surface area contributed by atoms with E-state index in [0.29, 0.717) is 35.4 Å². The fraction of sp³-hybridized carbons (Fsp3) is 0.533. The van der Waals surface area contributed by atoms with E-state index in [1.165, 1.54) is 0 Å². The molecule has 1 amide bonds. The van der Waals surface area contributed by atoms with Crippen molar-refractivity contribution < 1.29 is 14.6 Å². The highest BCUT2D eigenvalue weighted by molar-refractivity contribution is 6.42. The molecular weight excluding hydrogens is 327 g/mol. The van der Waals surface area contributed by atoms with Crippen LogP contribution in [0.15, 0.2) is 18.2 Å². The van der Waals surface area contributed by atoms with Gasteiger partial charge in [-0.2, -0.15) is 0 Å². The molecule has 1 heterocycles. The highest BCUT2D eigenvalue weighted by Crippen LogP contribution is 2.32. The molecule has 122 valence electrons. The Morgan fingerprint density at radius 3 is 2.64 bits per heavy atom. The van der Waals surface area contributed by atoms with Crippen LogP contribution in [0.5, 0.6) is 5.75 Å². The predicted octanol–water partition coefficient (Wildman–Crippen LogP) is 1.90. The van der Waals surface area contributed by atoms with Crippen molar-refractivity contribution in [2.24, 2.45) is 0 Å². The molecule has 0 radical (unpaired) electrons. The van der Waals surface area contributed by atoms with E-state index in [9.17, 15) is 4.79 Å². The molecule has 0 aromatic heterocycles. The maximum absolute atomic E-state index is 12.4. The zero-order chi connectivity index (χ0) is 16.1. The number of aliphatic hydroxyl groups excluding tert-OH is 1. The van der Waals surface area contributed by atoms with Gasteiger partial charge in [0.15, 0.2) is 6.10 Å². The summed E-state index contributed by atoms with van der Waals surface area (Å²) in [4.78, 5) is 16.3. The second-order valence-corrected chi connectivity index (χ2v) is 5.99. The van der Waals surface area contributed by atoms with Gasteiger partial charge < -0.3 is 14.7 Å². The van der Waals surface area contributed by atoms with Gasteiger partial charge in [0.25, 0.3) is 5.91 Å². The Labute approximate surface area is 140 Å². The third-order valence-electron chi connectivity index (χ3n) is 3.67. The highest BCUT2D eigenvalue weighted by Gasteiger charge is 2.26. The molecule has 22 heavy (non-hydrogen) atoms. The minimum Gasteiger partial charge on any atom is -0.479 e. The van der Waals surface area contributed by atoms with E-state index in [4.69, 9.17) is 33.0 Å². The number of piperazine rings is 1. The van der Waals surface area contributed by atoms with Gasteiger partial charge in [-0.3, -0.25) is 9.69 Å². The lowest BCUT2D eigenvalue weighted by Crippen LogP contribution is -2.52. The lowest BCUT2D eigenvalue weighted by atomic mass is 10.2. The van der Waals surface area contributed by atoms with Crippen molar-refractivity contribution in [3.8, 4) is 5.75 Å². The molecule has 1 N–H and O–H groups in total. The van der Waals surface area contributed by atoms with Crippen LogP contribution in [0.2, 0.25) is 10.0 Å². The minimum absolute atomic E-state index is 0.0697. The monoisotopic (exact) mass is 346 g/mol. The molecule has 0 saturated carbocycles. The average Bonchev–Trinajstić information content (AvgIpc) is 2.52. The van der Waals surface area contributed by atoms with Gasteiger partial charge in [-0.15, -0.1) is 0 Å². The lowest BCUT2D eigenvalue weighted by molar-refractivity contribution is -0.139. The number of carbonyl (C=O) groups excluding carboxylic acids is 1. The second-order valence-electron chi connectivity index (χ2n) is 5.20. The van der Waals surface area contributed by atoms with Crippen molar-refractivity contribution in [1.29, 1.82) is 0 Å². The van der Waals surface area contributed by atoms with Crippen LogP contribution in [0, 0.1) is 0 Å². The van der Waals surface area contributed by atoms with Crippen LogP contribution >= 0.6 is 23.2 Å². The molecule has 0 spiro atoms. The number of carbonyl (C=O) groups is 1. The zero-order valence-electron chi connectivity index (χ0n) is 12.5. The van der Waals surface area contributed by atoms with Crippen LogP contribution in [0.3, 0.4) is 0 Å². The average molecular weight is 347 g/mol. The summed E-state index contributed by atoms with van der Waals surface area (Å²) in [5, 5.41) is 9.64. The summed E-state index contributed by atoms with van der Waals surface area (Å²) in [6.45, 7) is 5.28. The van der Waals surface area contributed by atoms with Gasteiger partial charge in [0.05, 0.1) is 11.6 Å². The SMILES string of the molecule is CC(Oc1cccc(Cl)c1Cl)C(=O)N1CCN(CCO)CC1. The first-order valence-corrected chi connectivity index (χ1v) is 8.01. The van der Waals surface area contributed by atoms with Crippen LogP contribution in [-0.4, -0.2) is 66.2 Å². The molecule has 1 aromatic rings. The normalized spacial score (nSPS) is 17.4. The van der Waals surface area contributed by atoms with E-state index >= 15 is 0 Å². The van der Waals surface area contributed by atoms with E-state index in [-0.39, 0.29) is 12.5 Å².